The normalized spacial score (nSPS) is 18.6. The van der Waals surface area contributed by atoms with Gasteiger partial charge >= 0.3 is 5.97 Å². The van der Waals surface area contributed by atoms with Crippen molar-refractivity contribution in [3.63, 3.8) is 0 Å². The second kappa shape index (κ2) is 7.92. The fourth-order valence-corrected chi connectivity index (χ4v) is 3.32. The summed E-state index contributed by atoms with van der Waals surface area (Å²) in [6, 6.07) is 0. The molecule has 0 spiro atoms. The lowest BCUT2D eigenvalue weighted by Gasteiger charge is -2.30. The Morgan fingerprint density at radius 1 is 1.35 bits per heavy atom. The molecule has 0 amide bonds. The molecular formula is C12H23NO6S. The van der Waals surface area contributed by atoms with Crippen LogP contribution in [0.1, 0.15) is 26.7 Å². The van der Waals surface area contributed by atoms with Crippen LogP contribution in [-0.4, -0.2) is 68.1 Å². The first-order chi connectivity index (χ1) is 9.31. The summed E-state index contributed by atoms with van der Waals surface area (Å²) in [5.41, 5.74) is 0. The summed E-state index contributed by atoms with van der Waals surface area (Å²) in [4.78, 5) is 10.4. The van der Waals surface area contributed by atoms with E-state index in [1.165, 1.54) is 4.31 Å². The zero-order chi connectivity index (χ0) is 15.2. The SMILES string of the molecule is CC(C)OCCS(=O)(=O)N1CCC(OCC(=O)O)CC1. The molecule has 118 valence electrons. The molecule has 0 atom stereocenters. The van der Waals surface area contributed by atoms with Crippen molar-refractivity contribution in [2.75, 3.05) is 32.1 Å². The Morgan fingerprint density at radius 3 is 2.45 bits per heavy atom. The van der Waals surface area contributed by atoms with Gasteiger partial charge < -0.3 is 14.6 Å². The minimum Gasteiger partial charge on any atom is -0.480 e. The first kappa shape index (κ1) is 17.4. The summed E-state index contributed by atoms with van der Waals surface area (Å²) < 4.78 is 36.0. The van der Waals surface area contributed by atoms with E-state index in [0.29, 0.717) is 25.9 Å². The Bertz CT molecular complexity index is 400. The highest BCUT2D eigenvalue weighted by Gasteiger charge is 2.28. The van der Waals surface area contributed by atoms with Crippen LogP contribution in [0.5, 0.6) is 0 Å². The third kappa shape index (κ3) is 6.17. The molecule has 0 aromatic rings. The minimum absolute atomic E-state index is 0.0142. The summed E-state index contributed by atoms with van der Waals surface area (Å²) in [5, 5.41) is 8.52. The lowest BCUT2D eigenvalue weighted by Crippen LogP contribution is -2.42. The monoisotopic (exact) mass is 309 g/mol. The van der Waals surface area contributed by atoms with Crippen molar-refractivity contribution in [1.82, 2.24) is 4.31 Å². The summed E-state index contributed by atoms with van der Waals surface area (Å²) in [7, 11) is -3.30. The smallest absolute Gasteiger partial charge is 0.329 e. The topological polar surface area (TPSA) is 93.1 Å². The van der Waals surface area contributed by atoms with E-state index in [1.54, 1.807) is 0 Å². The molecule has 0 aliphatic carbocycles. The maximum Gasteiger partial charge on any atom is 0.329 e. The Kier molecular flexibility index (Phi) is 6.87. The predicted octanol–water partition coefficient (Wildman–Crippen LogP) is 0.307. The molecule has 0 aromatic heterocycles. The number of aliphatic carboxylic acids is 1. The van der Waals surface area contributed by atoms with Crippen LogP contribution in [0.4, 0.5) is 0 Å². The summed E-state index contributed by atoms with van der Waals surface area (Å²) in [6.07, 6.45) is 0.888. The fourth-order valence-electron chi connectivity index (χ4n) is 1.98. The molecule has 1 aliphatic heterocycles. The molecule has 20 heavy (non-hydrogen) atoms. The standard InChI is InChI=1S/C12H23NO6S/c1-10(2)18-7-8-20(16,17)13-5-3-11(4-6-13)19-9-12(14)15/h10-11H,3-9H2,1-2H3,(H,14,15). The Hall–Kier alpha value is -0.700. The van der Waals surface area contributed by atoms with Gasteiger partial charge in [0.15, 0.2) is 0 Å². The molecule has 0 bridgehead atoms. The molecule has 0 radical (unpaired) electrons. The van der Waals surface area contributed by atoms with E-state index in [4.69, 9.17) is 14.6 Å². The van der Waals surface area contributed by atoms with E-state index in [0.717, 1.165) is 0 Å². The summed E-state index contributed by atoms with van der Waals surface area (Å²) in [6.45, 7) is 4.31. The van der Waals surface area contributed by atoms with Gasteiger partial charge in [-0.15, -0.1) is 0 Å². The number of carboxylic acids is 1. The van der Waals surface area contributed by atoms with Crippen LogP contribution in [-0.2, 0) is 24.3 Å². The molecule has 0 unspecified atom stereocenters. The van der Waals surface area contributed by atoms with Crippen LogP contribution >= 0.6 is 0 Å². The van der Waals surface area contributed by atoms with Gasteiger partial charge in [-0.3, -0.25) is 0 Å². The zero-order valence-electron chi connectivity index (χ0n) is 11.9. The highest BCUT2D eigenvalue weighted by atomic mass is 32.2. The van der Waals surface area contributed by atoms with Gasteiger partial charge in [-0.25, -0.2) is 17.5 Å². The number of rotatable bonds is 8. The van der Waals surface area contributed by atoms with Crippen molar-refractivity contribution in [2.45, 2.75) is 38.9 Å². The van der Waals surface area contributed by atoms with Crippen LogP contribution in [0.25, 0.3) is 0 Å². The number of sulfonamides is 1. The lowest BCUT2D eigenvalue weighted by molar-refractivity contribution is -0.145. The van der Waals surface area contributed by atoms with Gasteiger partial charge in [-0.1, -0.05) is 0 Å². The van der Waals surface area contributed by atoms with Crippen molar-refractivity contribution < 1.29 is 27.8 Å². The van der Waals surface area contributed by atoms with E-state index in [2.05, 4.69) is 0 Å². The molecule has 0 aromatic carbocycles. The van der Waals surface area contributed by atoms with Crippen molar-refractivity contribution >= 4 is 16.0 Å². The molecule has 1 aliphatic rings. The predicted molar refractivity (Wildman–Crippen MR) is 73.1 cm³/mol. The van der Waals surface area contributed by atoms with Crippen LogP contribution in [0, 0.1) is 0 Å². The number of piperidine rings is 1. The van der Waals surface area contributed by atoms with Gasteiger partial charge in [-0.05, 0) is 26.7 Å². The Labute approximate surface area is 119 Å². The van der Waals surface area contributed by atoms with Crippen molar-refractivity contribution in [2.24, 2.45) is 0 Å². The summed E-state index contributed by atoms with van der Waals surface area (Å²) in [5.74, 6) is -1.03. The van der Waals surface area contributed by atoms with Crippen molar-refractivity contribution in [3.05, 3.63) is 0 Å². The molecular weight excluding hydrogens is 286 g/mol. The van der Waals surface area contributed by atoms with Crippen LogP contribution in [0.15, 0.2) is 0 Å². The maximum atomic E-state index is 12.1. The quantitative estimate of drug-likeness (QED) is 0.693. The molecule has 7 nitrogen and oxygen atoms in total. The van der Waals surface area contributed by atoms with Gasteiger partial charge in [0.25, 0.3) is 0 Å². The summed E-state index contributed by atoms with van der Waals surface area (Å²) >= 11 is 0. The van der Waals surface area contributed by atoms with E-state index in [1.807, 2.05) is 13.8 Å². The van der Waals surface area contributed by atoms with Crippen LogP contribution in [0.2, 0.25) is 0 Å². The number of hydrogen-bond donors (Lipinski definition) is 1. The second-order valence-corrected chi connectivity index (χ2v) is 7.13. The number of hydrogen-bond acceptors (Lipinski definition) is 5. The molecule has 8 heteroatoms. The maximum absolute atomic E-state index is 12.1. The largest absolute Gasteiger partial charge is 0.480 e. The fraction of sp³-hybridized carbons (Fsp3) is 0.917. The van der Waals surface area contributed by atoms with Crippen molar-refractivity contribution in [3.8, 4) is 0 Å². The van der Waals surface area contributed by atoms with E-state index in [9.17, 15) is 13.2 Å². The first-order valence-corrected chi connectivity index (χ1v) is 8.35. The van der Waals surface area contributed by atoms with Gasteiger partial charge in [0, 0.05) is 13.1 Å². The van der Waals surface area contributed by atoms with Gasteiger partial charge in [0.05, 0.1) is 24.6 Å². The average molecular weight is 309 g/mol. The minimum atomic E-state index is -3.30. The third-order valence-corrected chi connectivity index (χ3v) is 4.86. The number of carbonyl (C=O) groups is 1. The van der Waals surface area contributed by atoms with Crippen LogP contribution < -0.4 is 0 Å². The Morgan fingerprint density at radius 2 is 1.95 bits per heavy atom. The van der Waals surface area contributed by atoms with Gasteiger partial charge in [0.2, 0.25) is 10.0 Å². The van der Waals surface area contributed by atoms with Gasteiger partial charge in [-0.2, -0.15) is 0 Å². The molecule has 1 N–H and O–H groups in total. The molecule has 1 rings (SSSR count). The lowest BCUT2D eigenvalue weighted by atomic mass is 10.1. The number of nitrogens with zero attached hydrogens (tertiary/aromatic N) is 1. The molecule has 1 fully saturated rings. The van der Waals surface area contributed by atoms with Gasteiger partial charge in [0.1, 0.15) is 6.61 Å². The first-order valence-electron chi connectivity index (χ1n) is 6.74. The molecule has 0 saturated carbocycles. The number of ether oxygens (including phenoxy) is 2. The number of carboxylic acid groups (broad SMARTS) is 1. The zero-order valence-corrected chi connectivity index (χ0v) is 12.8. The highest BCUT2D eigenvalue weighted by molar-refractivity contribution is 7.89. The van der Waals surface area contributed by atoms with E-state index in [-0.39, 0.29) is 31.2 Å². The molecule has 1 saturated heterocycles. The highest BCUT2D eigenvalue weighted by Crippen LogP contribution is 2.17. The molecule has 1 heterocycles. The van der Waals surface area contributed by atoms with E-state index >= 15 is 0 Å². The van der Waals surface area contributed by atoms with E-state index < -0.39 is 16.0 Å². The van der Waals surface area contributed by atoms with Crippen LogP contribution in [0.3, 0.4) is 0 Å². The van der Waals surface area contributed by atoms with Crippen molar-refractivity contribution in [1.29, 1.82) is 0 Å². The third-order valence-electron chi connectivity index (χ3n) is 3.03. The Balaban J connectivity index is 2.34. The second-order valence-electron chi connectivity index (χ2n) is 5.04. The average Bonchev–Trinajstić information content (AvgIpc) is 2.36.